The number of aliphatic carboxylic acids is 1. The van der Waals surface area contributed by atoms with Crippen LogP contribution in [0, 0.1) is 0 Å². The zero-order valence-electron chi connectivity index (χ0n) is 33.3. The number of carbonyl (C=O) groups excluding carboxylic acids is 3. The van der Waals surface area contributed by atoms with Crippen molar-refractivity contribution in [2.75, 3.05) is 13.2 Å². The van der Waals surface area contributed by atoms with Crippen LogP contribution in [0.25, 0.3) is 0 Å². The maximum absolute atomic E-state index is 12.7. The smallest absolute Gasteiger partial charge is 0.328 e. The Labute approximate surface area is 317 Å². The van der Waals surface area contributed by atoms with Crippen molar-refractivity contribution in [1.82, 2.24) is 10.6 Å². The largest absolute Gasteiger partial charge is 0.480 e. The average Bonchev–Trinajstić information content (AvgIpc) is 3.12. The Morgan fingerprint density at radius 1 is 0.577 bits per heavy atom. The van der Waals surface area contributed by atoms with E-state index in [4.69, 9.17) is 14.9 Å². The van der Waals surface area contributed by atoms with Crippen LogP contribution in [0.3, 0.4) is 0 Å². The van der Waals surface area contributed by atoms with E-state index in [0.29, 0.717) is 12.8 Å². The molecule has 9 nitrogen and oxygen atoms in total. The highest BCUT2D eigenvalue weighted by molar-refractivity contribution is 5.88. The van der Waals surface area contributed by atoms with E-state index in [1.165, 1.54) is 96.3 Å². The maximum atomic E-state index is 12.7. The van der Waals surface area contributed by atoms with Crippen molar-refractivity contribution in [3.05, 3.63) is 24.3 Å². The fourth-order valence-electron chi connectivity index (χ4n) is 6.12. The van der Waals surface area contributed by atoms with Gasteiger partial charge in [0.1, 0.15) is 12.1 Å². The number of carboxylic acid groups (broad SMARTS) is 1. The van der Waals surface area contributed by atoms with Gasteiger partial charge in [-0.2, -0.15) is 0 Å². The number of amides is 2. The number of nitrogens with one attached hydrogen (secondary N) is 2. The van der Waals surface area contributed by atoms with E-state index in [0.717, 1.165) is 70.6 Å². The molecule has 0 bridgehead atoms. The zero-order valence-corrected chi connectivity index (χ0v) is 33.3. The fourth-order valence-corrected chi connectivity index (χ4v) is 6.12. The van der Waals surface area contributed by atoms with Gasteiger partial charge in [-0.1, -0.05) is 141 Å². The van der Waals surface area contributed by atoms with Crippen LogP contribution in [-0.4, -0.2) is 59.3 Å². The number of aliphatic hydroxyl groups excluding tert-OH is 1. The van der Waals surface area contributed by atoms with Crippen LogP contribution in [0.5, 0.6) is 0 Å². The molecule has 0 aromatic heterocycles. The first-order valence-electron chi connectivity index (χ1n) is 21.2. The van der Waals surface area contributed by atoms with Crippen molar-refractivity contribution < 1.29 is 34.1 Å². The van der Waals surface area contributed by atoms with E-state index in [-0.39, 0.29) is 12.4 Å². The topological polar surface area (TPSA) is 142 Å². The monoisotopic (exact) mass is 735 g/mol. The zero-order chi connectivity index (χ0) is 38.3. The van der Waals surface area contributed by atoms with Gasteiger partial charge in [0, 0.05) is 6.42 Å². The number of hydrogen-bond acceptors (Lipinski definition) is 6. The molecule has 2 atom stereocenters. The number of ether oxygens (including phenoxy) is 1. The second kappa shape index (κ2) is 38.1. The van der Waals surface area contributed by atoms with Crippen molar-refractivity contribution in [3.8, 4) is 0 Å². The minimum atomic E-state index is -1.43. The summed E-state index contributed by atoms with van der Waals surface area (Å²) in [5.74, 6) is -2.82. The van der Waals surface area contributed by atoms with Crippen LogP contribution in [0.15, 0.2) is 24.3 Å². The van der Waals surface area contributed by atoms with Crippen LogP contribution in [-0.2, 0) is 23.9 Å². The minimum absolute atomic E-state index is 0.0584. The number of aliphatic hydroxyl groups is 1. The predicted molar refractivity (Wildman–Crippen MR) is 213 cm³/mol. The summed E-state index contributed by atoms with van der Waals surface area (Å²) in [5.41, 5.74) is 0. The van der Waals surface area contributed by atoms with Crippen LogP contribution in [0.4, 0.5) is 0 Å². The predicted octanol–water partition coefficient (Wildman–Crippen LogP) is 10.0. The number of allylic oxidation sites excluding steroid dienone is 4. The third-order valence-corrected chi connectivity index (χ3v) is 9.40. The second-order valence-corrected chi connectivity index (χ2v) is 14.4. The van der Waals surface area contributed by atoms with Gasteiger partial charge in [0.2, 0.25) is 11.8 Å². The molecule has 0 aliphatic rings. The lowest BCUT2D eigenvalue weighted by Gasteiger charge is -2.18. The summed E-state index contributed by atoms with van der Waals surface area (Å²) in [6.07, 6.45) is 40.4. The highest BCUT2D eigenvalue weighted by Crippen LogP contribution is 2.16. The van der Waals surface area contributed by atoms with Crippen LogP contribution in [0.1, 0.15) is 200 Å². The molecule has 0 saturated heterocycles. The van der Waals surface area contributed by atoms with Gasteiger partial charge in [-0.05, 0) is 70.6 Å². The lowest BCUT2D eigenvalue weighted by atomic mass is 10.0. The first kappa shape index (κ1) is 49.3. The Bertz CT molecular complexity index is 936. The molecule has 1 unspecified atom stereocenters. The quantitative estimate of drug-likeness (QED) is 0.0281. The molecule has 0 radical (unpaired) electrons. The van der Waals surface area contributed by atoms with Gasteiger partial charge in [0.15, 0.2) is 0 Å². The van der Waals surface area contributed by atoms with Gasteiger partial charge in [-0.15, -0.1) is 0 Å². The number of unbranched alkanes of at least 4 members (excludes halogenated alkanes) is 22. The van der Waals surface area contributed by atoms with Crippen molar-refractivity contribution in [3.63, 3.8) is 0 Å². The van der Waals surface area contributed by atoms with E-state index < -0.39 is 43.1 Å². The van der Waals surface area contributed by atoms with Gasteiger partial charge >= 0.3 is 11.9 Å². The first-order valence-corrected chi connectivity index (χ1v) is 21.2. The Hall–Kier alpha value is -2.68. The lowest BCUT2D eigenvalue weighted by molar-refractivity contribution is -0.151. The Kier molecular flexibility index (Phi) is 36.1. The van der Waals surface area contributed by atoms with E-state index in [2.05, 4.69) is 48.8 Å². The molecule has 0 fully saturated rings. The normalized spacial score (nSPS) is 12.7. The van der Waals surface area contributed by atoms with Crippen molar-refractivity contribution >= 4 is 23.8 Å². The van der Waals surface area contributed by atoms with Crippen LogP contribution >= 0.6 is 0 Å². The van der Waals surface area contributed by atoms with Crippen LogP contribution in [0.2, 0.25) is 0 Å². The Balaban J connectivity index is 4.41. The van der Waals surface area contributed by atoms with Crippen molar-refractivity contribution in [2.24, 2.45) is 0 Å². The van der Waals surface area contributed by atoms with Gasteiger partial charge < -0.3 is 25.6 Å². The third-order valence-electron chi connectivity index (χ3n) is 9.40. The number of hydrogen-bond donors (Lipinski definition) is 4. The highest BCUT2D eigenvalue weighted by Gasteiger charge is 2.21. The van der Waals surface area contributed by atoms with E-state index in [1.807, 2.05) is 0 Å². The van der Waals surface area contributed by atoms with Crippen LogP contribution < -0.4 is 10.6 Å². The highest BCUT2D eigenvalue weighted by atomic mass is 16.5. The van der Waals surface area contributed by atoms with Gasteiger partial charge in [0.05, 0.1) is 19.6 Å². The molecular weight excluding hydrogens is 656 g/mol. The number of carbonyl (C=O) groups is 4. The average molecular weight is 735 g/mol. The SMILES string of the molecule is CCCCCCCC/C=C/CCCCCCCC(=O)OC(CCCCCCC/C=C/CCCCCCCC)CC(=O)NCC(=O)N[C@@H](CO)C(=O)O. The van der Waals surface area contributed by atoms with E-state index >= 15 is 0 Å². The summed E-state index contributed by atoms with van der Waals surface area (Å²) in [7, 11) is 0. The number of carboxylic acids is 1. The van der Waals surface area contributed by atoms with Gasteiger partial charge in [-0.25, -0.2) is 4.79 Å². The molecule has 2 amide bonds. The first-order chi connectivity index (χ1) is 25.3. The molecule has 9 heteroatoms. The lowest BCUT2D eigenvalue weighted by Crippen LogP contribution is -2.47. The molecule has 0 heterocycles. The molecule has 0 aliphatic heterocycles. The minimum Gasteiger partial charge on any atom is -0.480 e. The number of esters is 1. The summed E-state index contributed by atoms with van der Waals surface area (Å²) in [4.78, 5) is 48.4. The maximum Gasteiger partial charge on any atom is 0.328 e. The molecule has 0 aromatic carbocycles. The molecule has 52 heavy (non-hydrogen) atoms. The second-order valence-electron chi connectivity index (χ2n) is 14.4. The molecular formula is C43H78N2O7. The summed E-state index contributed by atoms with van der Waals surface area (Å²) in [5, 5.41) is 22.7. The Morgan fingerprint density at radius 3 is 1.44 bits per heavy atom. The molecule has 4 N–H and O–H groups in total. The summed E-state index contributed by atoms with van der Waals surface area (Å²) < 4.78 is 5.75. The third kappa shape index (κ3) is 34.4. The molecule has 0 saturated carbocycles. The standard InChI is InChI=1S/C43H78N2O7/c1-3-5-7-9-11-13-15-17-19-21-23-25-27-29-31-33-38(35-40(47)44-36-41(48)45-39(37-46)43(50)51)52-42(49)34-32-30-28-26-24-22-20-18-16-14-12-10-8-6-4-2/h17-20,38-39,46H,3-16,21-37H2,1-2H3,(H,44,47)(H,45,48)(H,50,51)/b19-17+,20-18+/t38?,39-/m0/s1. The molecule has 302 valence electrons. The van der Waals surface area contributed by atoms with E-state index in [1.54, 1.807) is 0 Å². The van der Waals surface area contributed by atoms with Crippen molar-refractivity contribution in [2.45, 2.75) is 212 Å². The Morgan fingerprint density at radius 2 is 1.00 bits per heavy atom. The summed E-state index contributed by atoms with van der Waals surface area (Å²) >= 11 is 0. The summed E-state index contributed by atoms with van der Waals surface area (Å²) in [6, 6.07) is -1.43. The molecule has 0 aromatic rings. The fraction of sp³-hybridized carbons (Fsp3) is 0.814. The van der Waals surface area contributed by atoms with E-state index in [9.17, 15) is 19.2 Å². The van der Waals surface area contributed by atoms with Crippen molar-refractivity contribution in [1.29, 1.82) is 0 Å². The van der Waals surface area contributed by atoms with Gasteiger partial charge in [-0.3, -0.25) is 14.4 Å². The summed E-state index contributed by atoms with van der Waals surface area (Å²) in [6.45, 7) is 3.32. The molecule has 0 aliphatic carbocycles. The van der Waals surface area contributed by atoms with Gasteiger partial charge in [0.25, 0.3) is 0 Å². The molecule has 0 rings (SSSR count). The number of rotatable bonds is 38. The molecule has 0 spiro atoms.